The maximum atomic E-state index is 5.54. The van der Waals surface area contributed by atoms with E-state index in [1.54, 1.807) is 0 Å². The number of hydrogen-bond acceptors (Lipinski definition) is 5. The van der Waals surface area contributed by atoms with E-state index >= 15 is 0 Å². The predicted octanol–water partition coefficient (Wildman–Crippen LogP) is 1.56. The number of aliphatic imine (C=N–C) groups is 1. The third-order valence-electron chi connectivity index (χ3n) is 5.25. The number of nitrogens with one attached hydrogen (secondary N) is 2. The van der Waals surface area contributed by atoms with Crippen molar-refractivity contribution in [3.63, 3.8) is 0 Å². The van der Waals surface area contributed by atoms with E-state index in [1.807, 2.05) is 11.8 Å². The quantitative estimate of drug-likeness (QED) is 0.523. The summed E-state index contributed by atoms with van der Waals surface area (Å²) in [6.45, 7) is 14.6. The van der Waals surface area contributed by atoms with Gasteiger partial charge < -0.3 is 20.1 Å². The van der Waals surface area contributed by atoms with Gasteiger partial charge >= 0.3 is 0 Å². The average molecular weight is 373 g/mol. The van der Waals surface area contributed by atoms with Gasteiger partial charge in [-0.15, -0.1) is 0 Å². The van der Waals surface area contributed by atoms with Gasteiger partial charge in [0, 0.05) is 49.7 Å². The summed E-state index contributed by atoms with van der Waals surface area (Å²) in [6, 6.07) is 0. The van der Waals surface area contributed by atoms with Gasteiger partial charge in [-0.3, -0.25) is 9.89 Å². The van der Waals surface area contributed by atoms with Crippen LogP contribution in [0.15, 0.2) is 4.99 Å². The monoisotopic (exact) mass is 372 g/mol. The smallest absolute Gasteiger partial charge is 0.191 e. The van der Waals surface area contributed by atoms with Crippen molar-refractivity contribution in [1.29, 1.82) is 0 Å². The van der Waals surface area contributed by atoms with Crippen molar-refractivity contribution in [1.82, 2.24) is 15.5 Å². The van der Waals surface area contributed by atoms with E-state index in [2.05, 4.69) is 42.6 Å². The summed E-state index contributed by atoms with van der Waals surface area (Å²) in [5.41, 5.74) is 0.0437. The lowest BCUT2D eigenvalue weighted by Crippen LogP contribution is -2.52. The highest BCUT2D eigenvalue weighted by Crippen LogP contribution is 2.32. The average Bonchev–Trinajstić information content (AvgIpc) is 2.65. The fourth-order valence-electron chi connectivity index (χ4n) is 3.32. The van der Waals surface area contributed by atoms with Crippen LogP contribution >= 0.6 is 11.8 Å². The van der Waals surface area contributed by atoms with E-state index in [0.717, 1.165) is 78.0 Å². The number of hydrogen-bond donors (Lipinski definition) is 2. The Bertz CT molecular complexity index is 419. The molecule has 0 aromatic heterocycles. The summed E-state index contributed by atoms with van der Waals surface area (Å²) >= 11 is 1.95. The first-order chi connectivity index (χ1) is 12.0. The number of nitrogens with zero attached hydrogens (tertiary/aromatic N) is 2. The van der Waals surface area contributed by atoms with Crippen molar-refractivity contribution in [2.75, 3.05) is 65.4 Å². The van der Waals surface area contributed by atoms with Crippen LogP contribution < -0.4 is 10.6 Å². The molecule has 2 N–H and O–H groups in total. The molecule has 0 unspecified atom stereocenters. The van der Waals surface area contributed by atoms with E-state index in [9.17, 15) is 0 Å². The fourth-order valence-corrected chi connectivity index (χ4v) is 4.12. The molecule has 2 heterocycles. The molecule has 7 heteroatoms. The molecule has 0 atom stereocenters. The molecule has 0 aliphatic carbocycles. The molecule has 2 fully saturated rings. The van der Waals surface area contributed by atoms with Crippen molar-refractivity contribution in [3.05, 3.63) is 0 Å². The highest BCUT2D eigenvalue weighted by molar-refractivity contribution is 8.00. The first kappa shape index (κ1) is 20.8. The lowest BCUT2D eigenvalue weighted by Gasteiger charge is -2.40. The molecular formula is C18H36N4O2S. The minimum absolute atomic E-state index is 0.0437. The highest BCUT2D eigenvalue weighted by atomic mass is 32.2. The van der Waals surface area contributed by atoms with Crippen LogP contribution in [0.2, 0.25) is 0 Å². The molecule has 25 heavy (non-hydrogen) atoms. The van der Waals surface area contributed by atoms with E-state index in [4.69, 9.17) is 14.5 Å². The maximum absolute atomic E-state index is 5.54. The molecule has 146 valence electrons. The molecule has 2 rings (SSSR count). The Kier molecular flexibility index (Phi) is 8.32. The molecule has 0 amide bonds. The summed E-state index contributed by atoms with van der Waals surface area (Å²) in [7, 11) is 0. The number of thioether (sulfide) groups is 1. The van der Waals surface area contributed by atoms with Crippen LogP contribution in [-0.2, 0) is 9.47 Å². The van der Waals surface area contributed by atoms with E-state index in [-0.39, 0.29) is 10.3 Å². The second-order valence-corrected chi connectivity index (χ2v) is 8.73. The molecule has 0 saturated carbocycles. The zero-order valence-corrected chi connectivity index (χ0v) is 17.2. The molecule has 2 aliphatic heterocycles. The Morgan fingerprint density at radius 3 is 2.36 bits per heavy atom. The Hall–Kier alpha value is -0.500. The third kappa shape index (κ3) is 6.31. The zero-order chi connectivity index (χ0) is 18.2. The van der Waals surface area contributed by atoms with Crippen molar-refractivity contribution in [2.45, 2.75) is 43.9 Å². The van der Waals surface area contributed by atoms with Crippen LogP contribution in [-0.4, -0.2) is 86.6 Å². The van der Waals surface area contributed by atoms with Gasteiger partial charge in [0.15, 0.2) is 5.96 Å². The molecular weight excluding hydrogens is 336 g/mol. The maximum Gasteiger partial charge on any atom is 0.191 e. The Morgan fingerprint density at radius 1 is 1.12 bits per heavy atom. The molecule has 2 saturated heterocycles. The molecule has 6 nitrogen and oxygen atoms in total. The number of ether oxygens (including phenoxy) is 2. The van der Waals surface area contributed by atoms with Crippen LogP contribution in [0.1, 0.15) is 33.6 Å². The SMILES string of the molecule is CCNC(=NCC(C)(C)N1CCOCC1)NCC1(SC)CCOCC1. The van der Waals surface area contributed by atoms with Gasteiger partial charge in [0.05, 0.1) is 19.8 Å². The minimum atomic E-state index is 0.0437. The normalized spacial score (nSPS) is 22.6. The lowest BCUT2D eigenvalue weighted by atomic mass is 9.99. The van der Waals surface area contributed by atoms with Crippen LogP contribution in [0.5, 0.6) is 0 Å². The van der Waals surface area contributed by atoms with Gasteiger partial charge in [-0.05, 0) is 39.9 Å². The minimum Gasteiger partial charge on any atom is -0.381 e. The van der Waals surface area contributed by atoms with Gasteiger partial charge in [-0.2, -0.15) is 11.8 Å². The summed E-state index contributed by atoms with van der Waals surface area (Å²) in [5, 5.41) is 6.97. The van der Waals surface area contributed by atoms with Crippen molar-refractivity contribution < 1.29 is 9.47 Å². The van der Waals surface area contributed by atoms with Crippen LogP contribution in [0.3, 0.4) is 0 Å². The Labute approximate surface area is 157 Å². The number of morpholine rings is 1. The van der Waals surface area contributed by atoms with Gasteiger partial charge in [0.2, 0.25) is 0 Å². The summed E-state index contributed by atoms with van der Waals surface area (Å²) in [4.78, 5) is 7.36. The second-order valence-electron chi connectivity index (χ2n) is 7.46. The van der Waals surface area contributed by atoms with E-state index in [1.165, 1.54) is 0 Å². The van der Waals surface area contributed by atoms with Crippen LogP contribution in [0, 0.1) is 0 Å². The Morgan fingerprint density at radius 2 is 1.76 bits per heavy atom. The van der Waals surface area contributed by atoms with Crippen LogP contribution in [0.4, 0.5) is 0 Å². The zero-order valence-electron chi connectivity index (χ0n) is 16.4. The van der Waals surface area contributed by atoms with Gasteiger partial charge in [0.1, 0.15) is 0 Å². The topological polar surface area (TPSA) is 58.1 Å². The standard InChI is InChI=1S/C18H36N4O2S/c1-5-19-16(21-15-18(25-4)6-10-23-11-7-18)20-14-17(2,3)22-8-12-24-13-9-22/h5-15H2,1-4H3,(H2,19,20,21). The number of rotatable bonds is 7. The second kappa shape index (κ2) is 10.00. The largest absolute Gasteiger partial charge is 0.381 e. The van der Waals surface area contributed by atoms with Gasteiger partial charge in [-0.25, -0.2) is 0 Å². The van der Waals surface area contributed by atoms with Crippen molar-refractivity contribution in [2.24, 2.45) is 4.99 Å². The van der Waals surface area contributed by atoms with Crippen LogP contribution in [0.25, 0.3) is 0 Å². The molecule has 0 radical (unpaired) electrons. The Balaban J connectivity index is 1.92. The molecule has 0 aromatic carbocycles. The lowest BCUT2D eigenvalue weighted by molar-refractivity contribution is -0.00684. The predicted molar refractivity (Wildman–Crippen MR) is 107 cm³/mol. The van der Waals surface area contributed by atoms with E-state index < -0.39 is 0 Å². The van der Waals surface area contributed by atoms with Crippen molar-refractivity contribution in [3.8, 4) is 0 Å². The van der Waals surface area contributed by atoms with Crippen molar-refractivity contribution >= 4 is 17.7 Å². The fraction of sp³-hybridized carbons (Fsp3) is 0.944. The molecule has 0 spiro atoms. The highest BCUT2D eigenvalue weighted by Gasteiger charge is 2.32. The van der Waals surface area contributed by atoms with Gasteiger partial charge in [-0.1, -0.05) is 0 Å². The molecule has 2 aliphatic rings. The molecule has 0 aromatic rings. The summed E-state index contributed by atoms with van der Waals surface area (Å²) in [6.07, 6.45) is 4.40. The van der Waals surface area contributed by atoms with E-state index in [0.29, 0.717) is 0 Å². The first-order valence-corrected chi connectivity index (χ1v) is 10.7. The van der Waals surface area contributed by atoms with Gasteiger partial charge in [0.25, 0.3) is 0 Å². The third-order valence-corrected chi connectivity index (χ3v) is 6.67. The molecule has 0 bridgehead atoms. The number of guanidine groups is 1. The summed E-state index contributed by atoms with van der Waals surface area (Å²) in [5.74, 6) is 0.920. The summed E-state index contributed by atoms with van der Waals surface area (Å²) < 4.78 is 11.3. The first-order valence-electron chi connectivity index (χ1n) is 9.49.